The van der Waals surface area contributed by atoms with E-state index in [1.165, 1.54) is 5.69 Å². The van der Waals surface area contributed by atoms with Crippen LogP contribution in [0, 0.1) is 6.92 Å². The quantitative estimate of drug-likeness (QED) is 0.832. The molecule has 6 heteroatoms. The molecule has 0 saturated heterocycles. The largest absolute Gasteiger partial charge is 0.309 e. The van der Waals surface area contributed by atoms with E-state index in [0.717, 1.165) is 33.3 Å². The average Bonchev–Trinajstić information content (AvgIpc) is 2.67. The van der Waals surface area contributed by atoms with Crippen LogP contribution in [0.5, 0.6) is 0 Å². The van der Waals surface area contributed by atoms with Crippen LogP contribution in [0.3, 0.4) is 0 Å². The van der Waals surface area contributed by atoms with Crippen LogP contribution in [0.15, 0.2) is 27.3 Å². The number of rotatable bonds is 5. The van der Waals surface area contributed by atoms with Gasteiger partial charge < -0.3 is 5.32 Å². The van der Waals surface area contributed by atoms with Crippen LogP contribution in [0.25, 0.3) is 0 Å². The first-order chi connectivity index (χ1) is 9.51. The van der Waals surface area contributed by atoms with Crippen LogP contribution >= 0.6 is 31.9 Å². The highest BCUT2D eigenvalue weighted by molar-refractivity contribution is 9.11. The zero-order valence-corrected chi connectivity index (χ0v) is 15.0. The van der Waals surface area contributed by atoms with Crippen molar-refractivity contribution in [2.45, 2.75) is 26.3 Å². The molecule has 1 unspecified atom stereocenters. The van der Waals surface area contributed by atoms with E-state index in [1.807, 2.05) is 30.9 Å². The summed E-state index contributed by atoms with van der Waals surface area (Å²) in [6.07, 6.45) is 2.69. The molecule has 2 heterocycles. The Morgan fingerprint density at radius 3 is 2.65 bits per heavy atom. The molecule has 108 valence electrons. The summed E-state index contributed by atoms with van der Waals surface area (Å²) in [6, 6.07) is 4.32. The third-order valence-electron chi connectivity index (χ3n) is 3.13. The van der Waals surface area contributed by atoms with Crippen molar-refractivity contribution in [2.24, 2.45) is 7.05 Å². The van der Waals surface area contributed by atoms with Crippen LogP contribution < -0.4 is 5.32 Å². The molecule has 4 nitrogen and oxygen atoms in total. The fourth-order valence-electron chi connectivity index (χ4n) is 2.26. The average molecular weight is 402 g/mol. The van der Waals surface area contributed by atoms with Crippen molar-refractivity contribution in [3.8, 4) is 0 Å². The van der Waals surface area contributed by atoms with Gasteiger partial charge in [-0.05, 0) is 57.5 Å². The molecular formula is C14H18Br2N4. The van der Waals surface area contributed by atoms with E-state index in [1.54, 1.807) is 0 Å². The molecule has 0 aliphatic carbocycles. The minimum Gasteiger partial charge on any atom is -0.309 e. The Kier molecular flexibility index (Phi) is 5.35. The molecule has 0 amide bonds. The maximum Gasteiger partial charge on any atom is 0.0719 e. The topological polar surface area (TPSA) is 42.7 Å². The van der Waals surface area contributed by atoms with Crippen molar-refractivity contribution in [3.05, 3.63) is 44.4 Å². The molecule has 2 aromatic rings. The second kappa shape index (κ2) is 6.83. The van der Waals surface area contributed by atoms with Gasteiger partial charge in [0.15, 0.2) is 0 Å². The summed E-state index contributed by atoms with van der Waals surface area (Å²) in [4.78, 5) is 4.54. The molecule has 20 heavy (non-hydrogen) atoms. The number of pyridine rings is 1. The standard InChI is InChI=1S/C14H18Br2N4/c1-4-17-13(7-11-5-9(2)19-20(11)3)14-12(16)6-10(15)8-18-14/h5-6,8,13,17H,4,7H2,1-3H3. The van der Waals surface area contributed by atoms with Gasteiger partial charge in [-0.25, -0.2) is 0 Å². The molecule has 0 spiro atoms. The lowest BCUT2D eigenvalue weighted by Gasteiger charge is -2.19. The predicted molar refractivity (Wildman–Crippen MR) is 87.7 cm³/mol. The van der Waals surface area contributed by atoms with Crippen LogP contribution in [0.4, 0.5) is 0 Å². The van der Waals surface area contributed by atoms with Crippen molar-refractivity contribution in [1.29, 1.82) is 0 Å². The van der Waals surface area contributed by atoms with Gasteiger partial charge >= 0.3 is 0 Å². The van der Waals surface area contributed by atoms with Crippen LogP contribution in [-0.2, 0) is 13.5 Å². The summed E-state index contributed by atoms with van der Waals surface area (Å²) in [5, 5.41) is 7.90. The van der Waals surface area contributed by atoms with E-state index in [9.17, 15) is 0 Å². The van der Waals surface area contributed by atoms with Gasteiger partial charge in [0, 0.05) is 34.3 Å². The number of hydrogen-bond acceptors (Lipinski definition) is 3. The van der Waals surface area contributed by atoms with Gasteiger partial charge in [0.2, 0.25) is 0 Å². The lowest BCUT2D eigenvalue weighted by molar-refractivity contribution is 0.515. The molecule has 1 atom stereocenters. The Hall–Kier alpha value is -0.720. The highest BCUT2D eigenvalue weighted by Gasteiger charge is 2.18. The van der Waals surface area contributed by atoms with E-state index < -0.39 is 0 Å². The third kappa shape index (κ3) is 3.68. The number of nitrogens with zero attached hydrogens (tertiary/aromatic N) is 3. The Bertz CT molecular complexity index is 595. The Labute approximate surface area is 136 Å². The molecule has 2 aromatic heterocycles. The molecule has 0 bridgehead atoms. The van der Waals surface area contributed by atoms with Crippen LogP contribution in [0.1, 0.15) is 30.0 Å². The molecule has 0 aromatic carbocycles. The fourth-order valence-corrected chi connectivity index (χ4v) is 3.52. The molecule has 1 N–H and O–H groups in total. The van der Waals surface area contributed by atoms with E-state index in [-0.39, 0.29) is 6.04 Å². The van der Waals surface area contributed by atoms with E-state index in [2.05, 4.69) is 60.2 Å². The number of likely N-dealkylation sites (N-methyl/N-ethyl adjacent to an activating group) is 1. The summed E-state index contributed by atoms with van der Waals surface area (Å²) in [7, 11) is 1.98. The van der Waals surface area contributed by atoms with Gasteiger partial charge in [-0.15, -0.1) is 0 Å². The van der Waals surface area contributed by atoms with Crippen LogP contribution in [-0.4, -0.2) is 21.3 Å². The molecule has 0 aliphatic rings. The highest BCUT2D eigenvalue weighted by atomic mass is 79.9. The molecule has 0 aliphatic heterocycles. The summed E-state index contributed by atoms with van der Waals surface area (Å²) in [5.41, 5.74) is 3.26. The van der Waals surface area contributed by atoms with Gasteiger partial charge in [0.25, 0.3) is 0 Å². The Morgan fingerprint density at radius 1 is 1.35 bits per heavy atom. The van der Waals surface area contributed by atoms with Crippen molar-refractivity contribution in [3.63, 3.8) is 0 Å². The number of aryl methyl sites for hydroxylation is 2. The molecule has 2 rings (SSSR count). The predicted octanol–water partition coefficient (Wildman–Crippen LogP) is 3.54. The second-order valence-electron chi connectivity index (χ2n) is 4.74. The summed E-state index contributed by atoms with van der Waals surface area (Å²) < 4.78 is 3.92. The number of halogens is 2. The zero-order chi connectivity index (χ0) is 14.7. The van der Waals surface area contributed by atoms with Crippen LogP contribution in [0.2, 0.25) is 0 Å². The highest BCUT2D eigenvalue weighted by Crippen LogP contribution is 2.26. The van der Waals surface area contributed by atoms with Crippen molar-refractivity contribution in [2.75, 3.05) is 6.54 Å². The smallest absolute Gasteiger partial charge is 0.0719 e. The SMILES string of the molecule is CCNC(Cc1cc(C)nn1C)c1ncc(Br)cc1Br. The van der Waals surface area contributed by atoms with Crippen molar-refractivity contribution < 1.29 is 0 Å². The first kappa shape index (κ1) is 15.7. The number of hydrogen-bond donors (Lipinski definition) is 1. The Morgan fingerprint density at radius 2 is 2.10 bits per heavy atom. The first-order valence-corrected chi connectivity index (χ1v) is 8.13. The molecule has 0 saturated carbocycles. The summed E-state index contributed by atoms with van der Waals surface area (Å²) >= 11 is 7.04. The minimum absolute atomic E-state index is 0.164. The van der Waals surface area contributed by atoms with E-state index >= 15 is 0 Å². The normalized spacial score (nSPS) is 12.7. The van der Waals surface area contributed by atoms with Gasteiger partial charge in [-0.1, -0.05) is 6.92 Å². The molecule has 0 fully saturated rings. The zero-order valence-electron chi connectivity index (χ0n) is 11.8. The van der Waals surface area contributed by atoms with E-state index in [0.29, 0.717) is 0 Å². The van der Waals surface area contributed by atoms with E-state index in [4.69, 9.17) is 0 Å². The summed E-state index contributed by atoms with van der Waals surface area (Å²) in [6.45, 7) is 5.01. The fraction of sp³-hybridized carbons (Fsp3) is 0.429. The monoisotopic (exact) mass is 400 g/mol. The van der Waals surface area contributed by atoms with Gasteiger partial charge in [0.1, 0.15) is 0 Å². The molecule has 0 radical (unpaired) electrons. The number of nitrogens with one attached hydrogen (secondary N) is 1. The third-order valence-corrected chi connectivity index (χ3v) is 4.20. The Balaban J connectivity index is 2.29. The minimum atomic E-state index is 0.164. The lowest BCUT2D eigenvalue weighted by Crippen LogP contribution is -2.25. The number of aromatic nitrogens is 3. The maximum atomic E-state index is 4.54. The maximum absolute atomic E-state index is 4.54. The van der Waals surface area contributed by atoms with Crippen molar-refractivity contribution >= 4 is 31.9 Å². The lowest BCUT2D eigenvalue weighted by atomic mass is 10.1. The van der Waals surface area contributed by atoms with Crippen molar-refractivity contribution in [1.82, 2.24) is 20.1 Å². The molecular weight excluding hydrogens is 384 g/mol. The van der Waals surface area contributed by atoms with Gasteiger partial charge in [-0.3, -0.25) is 9.67 Å². The second-order valence-corrected chi connectivity index (χ2v) is 6.51. The van der Waals surface area contributed by atoms with Gasteiger partial charge in [-0.2, -0.15) is 5.10 Å². The van der Waals surface area contributed by atoms with Gasteiger partial charge in [0.05, 0.1) is 17.4 Å². The first-order valence-electron chi connectivity index (χ1n) is 6.55. The summed E-state index contributed by atoms with van der Waals surface area (Å²) in [5.74, 6) is 0.